The molecule has 3 aromatic rings. The summed E-state index contributed by atoms with van der Waals surface area (Å²) in [6.07, 6.45) is 5.24. The molecular formula is C17H16N4O. The summed E-state index contributed by atoms with van der Waals surface area (Å²) in [5.74, 6) is 0.643. The highest BCUT2D eigenvalue weighted by Gasteiger charge is 2.05. The Labute approximate surface area is 128 Å². The van der Waals surface area contributed by atoms with Crippen LogP contribution in [0.2, 0.25) is 0 Å². The maximum absolute atomic E-state index is 12.1. The van der Waals surface area contributed by atoms with Gasteiger partial charge in [0, 0.05) is 30.7 Å². The van der Waals surface area contributed by atoms with Gasteiger partial charge in [-0.2, -0.15) is 5.10 Å². The molecule has 22 heavy (non-hydrogen) atoms. The monoisotopic (exact) mass is 292 g/mol. The van der Waals surface area contributed by atoms with E-state index >= 15 is 0 Å². The molecule has 110 valence electrons. The molecule has 2 heterocycles. The number of benzene rings is 1. The van der Waals surface area contributed by atoms with E-state index in [4.69, 9.17) is 0 Å². The lowest BCUT2D eigenvalue weighted by Gasteiger charge is -2.07. The Morgan fingerprint density at radius 3 is 2.73 bits per heavy atom. The Morgan fingerprint density at radius 1 is 1.18 bits per heavy atom. The van der Waals surface area contributed by atoms with Crippen molar-refractivity contribution in [3.05, 3.63) is 77.7 Å². The minimum atomic E-state index is -0.0857. The average molecular weight is 292 g/mol. The van der Waals surface area contributed by atoms with Crippen molar-refractivity contribution >= 4 is 5.91 Å². The van der Waals surface area contributed by atoms with Crippen molar-refractivity contribution < 1.29 is 4.79 Å². The van der Waals surface area contributed by atoms with Crippen LogP contribution >= 0.6 is 0 Å². The van der Waals surface area contributed by atoms with Gasteiger partial charge >= 0.3 is 0 Å². The molecule has 5 nitrogen and oxygen atoms in total. The van der Waals surface area contributed by atoms with Crippen molar-refractivity contribution in [2.75, 3.05) is 0 Å². The fourth-order valence-electron chi connectivity index (χ4n) is 2.09. The molecule has 5 heteroatoms. The van der Waals surface area contributed by atoms with Gasteiger partial charge in [-0.1, -0.05) is 17.7 Å². The summed E-state index contributed by atoms with van der Waals surface area (Å²) >= 11 is 0. The van der Waals surface area contributed by atoms with Gasteiger partial charge in [0.15, 0.2) is 5.82 Å². The maximum atomic E-state index is 12.1. The van der Waals surface area contributed by atoms with Crippen LogP contribution in [0.3, 0.4) is 0 Å². The Kier molecular flexibility index (Phi) is 3.96. The lowest BCUT2D eigenvalue weighted by atomic mass is 10.1. The molecule has 0 aliphatic heterocycles. The number of nitrogens with one attached hydrogen (secondary N) is 1. The lowest BCUT2D eigenvalue weighted by molar-refractivity contribution is 0.0951. The topological polar surface area (TPSA) is 59.8 Å². The maximum Gasteiger partial charge on any atom is 0.251 e. The molecule has 2 aromatic heterocycles. The number of amides is 1. The Hall–Kier alpha value is -2.95. The van der Waals surface area contributed by atoms with E-state index < -0.39 is 0 Å². The third kappa shape index (κ3) is 3.20. The van der Waals surface area contributed by atoms with Gasteiger partial charge in [-0.05, 0) is 42.8 Å². The van der Waals surface area contributed by atoms with Crippen LogP contribution in [0, 0.1) is 6.92 Å². The van der Waals surface area contributed by atoms with Crippen LogP contribution in [0.1, 0.15) is 21.5 Å². The van der Waals surface area contributed by atoms with E-state index in [1.807, 2.05) is 55.6 Å². The van der Waals surface area contributed by atoms with Crippen LogP contribution in [0.4, 0.5) is 0 Å². The summed E-state index contributed by atoms with van der Waals surface area (Å²) in [6, 6.07) is 13.1. The molecule has 0 atom stereocenters. The van der Waals surface area contributed by atoms with Crippen LogP contribution in [0.25, 0.3) is 5.82 Å². The molecule has 0 radical (unpaired) electrons. The minimum Gasteiger partial charge on any atom is -0.348 e. The number of carbonyl (C=O) groups excluding carboxylic acids is 1. The van der Waals surface area contributed by atoms with Gasteiger partial charge in [-0.25, -0.2) is 9.67 Å². The molecule has 1 N–H and O–H groups in total. The van der Waals surface area contributed by atoms with Gasteiger partial charge < -0.3 is 5.32 Å². The van der Waals surface area contributed by atoms with Gasteiger partial charge in [0.1, 0.15) is 0 Å². The molecule has 0 fully saturated rings. The average Bonchev–Trinajstić information content (AvgIpc) is 3.08. The quantitative estimate of drug-likeness (QED) is 0.803. The van der Waals surface area contributed by atoms with E-state index in [0.29, 0.717) is 12.1 Å². The summed E-state index contributed by atoms with van der Waals surface area (Å²) in [7, 11) is 0. The molecule has 0 saturated heterocycles. The van der Waals surface area contributed by atoms with Gasteiger partial charge in [0.05, 0.1) is 0 Å². The van der Waals surface area contributed by atoms with Crippen molar-refractivity contribution in [2.45, 2.75) is 13.5 Å². The van der Waals surface area contributed by atoms with Gasteiger partial charge in [0.2, 0.25) is 0 Å². The van der Waals surface area contributed by atoms with Gasteiger partial charge in [-0.3, -0.25) is 4.79 Å². The van der Waals surface area contributed by atoms with Gasteiger partial charge in [0.25, 0.3) is 5.91 Å². The number of nitrogens with zero attached hydrogens (tertiary/aromatic N) is 3. The Morgan fingerprint density at radius 2 is 2.00 bits per heavy atom. The summed E-state index contributed by atoms with van der Waals surface area (Å²) in [4.78, 5) is 16.4. The number of aryl methyl sites for hydroxylation is 1. The van der Waals surface area contributed by atoms with Gasteiger partial charge in [-0.15, -0.1) is 0 Å². The largest absolute Gasteiger partial charge is 0.348 e. The van der Waals surface area contributed by atoms with E-state index in [1.54, 1.807) is 17.1 Å². The highest BCUT2D eigenvalue weighted by atomic mass is 16.1. The first-order chi connectivity index (χ1) is 10.7. The molecule has 1 amide bonds. The molecule has 1 aromatic carbocycles. The van der Waals surface area contributed by atoms with Crippen LogP contribution < -0.4 is 5.32 Å². The third-order valence-electron chi connectivity index (χ3n) is 3.32. The first-order valence-corrected chi connectivity index (χ1v) is 7.02. The predicted octanol–water partition coefficient (Wildman–Crippen LogP) is 2.51. The lowest BCUT2D eigenvalue weighted by Crippen LogP contribution is -2.22. The zero-order valence-electron chi connectivity index (χ0n) is 12.2. The Bertz CT molecular complexity index is 764. The van der Waals surface area contributed by atoms with Crippen molar-refractivity contribution in [1.29, 1.82) is 0 Å². The Balaban J connectivity index is 1.67. The predicted molar refractivity (Wildman–Crippen MR) is 83.7 cm³/mol. The second-order valence-electron chi connectivity index (χ2n) is 5.02. The molecule has 3 rings (SSSR count). The van der Waals surface area contributed by atoms with Crippen molar-refractivity contribution in [2.24, 2.45) is 0 Å². The minimum absolute atomic E-state index is 0.0857. The smallest absolute Gasteiger partial charge is 0.251 e. The summed E-state index contributed by atoms with van der Waals surface area (Å²) in [6.45, 7) is 2.44. The van der Waals surface area contributed by atoms with E-state index in [-0.39, 0.29) is 5.91 Å². The molecule has 0 aliphatic carbocycles. The summed E-state index contributed by atoms with van der Waals surface area (Å²) in [5, 5.41) is 7.06. The van der Waals surface area contributed by atoms with Crippen molar-refractivity contribution in [3.63, 3.8) is 0 Å². The zero-order chi connectivity index (χ0) is 15.4. The van der Waals surface area contributed by atoms with Crippen molar-refractivity contribution in [3.8, 4) is 5.82 Å². The van der Waals surface area contributed by atoms with E-state index in [1.165, 1.54) is 0 Å². The number of hydrogen-bond acceptors (Lipinski definition) is 3. The normalized spacial score (nSPS) is 10.4. The second kappa shape index (κ2) is 6.22. The number of pyridine rings is 1. The standard InChI is InChI=1S/C17H16N4O/c1-13-3-5-15(6-4-13)17(22)19-12-14-7-9-18-16(11-14)21-10-2-8-20-21/h2-11H,12H2,1H3,(H,19,22). The third-order valence-corrected chi connectivity index (χ3v) is 3.32. The fraction of sp³-hybridized carbons (Fsp3) is 0.118. The van der Waals surface area contributed by atoms with E-state index in [0.717, 1.165) is 16.9 Å². The molecular weight excluding hydrogens is 276 g/mol. The first kappa shape index (κ1) is 14.0. The highest BCUT2D eigenvalue weighted by Crippen LogP contribution is 2.07. The van der Waals surface area contributed by atoms with Crippen LogP contribution in [0.15, 0.2) is 61.1 Å². The number of aromatic nitrogens is 3. The molecule has 0 aliphatic rings. The molecule has 0 spiro atoms. The summed E-state index contributed by atoms with van der Waals surface area (Å²) < 4.78 is 1.69. The SMILES string of the molecule is Cc1ccc(C(=O)NCc2ccnc(-n3cccn3)c2)cc1. The highest BCUT2D eigenvalue weighted by molar-refractivity contribution is 5.94. The first-order valence-electron chi connectivity index (χ1n) is 7.02. The number of hydrogen-bond donors (Lipinski definition) is 1. The zero-order valence-corrected chi connectivity index (χ0v) is 12.2. The van der Waals surface area contributed by atoms with E-state index in [9.17, 15) is 4.79 Å². The number of carbonyl (C=O) groups is 1. The second-order valence-corrected chi connectivity index (χ2v) is 5.02. The molecule has 0 saturated carbocycles. The molecule has 0 bridgehead atoms. The van der Waals surface area contributed by atoms with E-state index in [2.05, 4.69) is 15.4 Å². The molecule has 0 unspecified atom stereocenters. The van der Waals surface area contributed by atoms with Crippen LogP contribution in [-0.4, -0.2) is 20.7 Å². The van der Waals surface area contributed by atoms with Crippen LogP contribution in [0.5, 0.6) is 0 Å². The van der Waals surface area contributed by atoms with Crippen molar-refractivity contribution in [1.82, 2.24) is 20.1 Å². The van der Waals surface area contributed by atoms with Crippen LogP contribution in [-0.2, 0) is 6.54 Å². The number of rotatable bonds is 4. The summed E-state index contributed by atoms with van der Waals surface area (Å²) in [5.41, 5.74) is 2.77. The fourth-order valence-corrected chi connectivity index (χ4v) is 2.09.